The maximum atomic E-state index is 11.7. The van der Waals surface area contributed by atoms with E-state index in [0.717, 1.165) is 0 Å². The van der Waals surface area contributed by atoms with E-state index in [1.54, 1.807) is 20.2 Å². The van der Waals surface area contributed by atoms with E-state index in [4.69, 9.17) is 4.74 Å². The summed E-state index contributed by atoms with van der Waals surface area (Å²) in [6.45, 7) is 4.11. The van der Waals surface area contributed by atoms with E-state index in [9.17, 15) is 9.59 Å². The molecule has 0 spiro atoms. The highest BCUT2D eigenvalue weighted by molar-refractivity contribution is 9.10. The molecule has 0 bridgehead atoms. The number of carbonyl (C=O) groups excluding carboxylic acids is 1. The van der Waals surface area contributed by atoms with Crippen LogP contribution in [-0.4, -0.2) is 28.4 Å². The van der Waals surface area contributed by atoms with Gasteiger partial charge in [-0.1, -0.05) is 0 Å². The molecule has 0 saturated heterocycles. The van der Waals surface area contributed by atoms with Crippen molar-refractivity contribution in [1.29, 1.82) is 0 Å². The second kappa shape index (κ2) is 7.28. The number of nitrogens with one attached hydrogen (secondary N) is 1. The van der Waals surface area contributed by atoms with E-state index < -0.39 is 0 Å². The third-order valence-corrected chi connectivity index (χ3v) is 3.33. The second-order valence-corrected chi connectivity index (χ2v) is 4.98. The molecule has 1 rings (SSSR count). The average molecular weight is 332 g/mol. The zero-order valence-corrected chi connectivity index (χ0v) is 12.9. The minimum Gasteiger partial charge on any atom is -0.466 e. The molecule has 0 aliphatic heterocycles. The molecule has 1 heterocycles. The Bertz CT molecular complexity index is 501. The Hall–Kier alpha value is -1.37. The van der Waals surface area contributed by atoms with Gasteiger partial charge in [-0.25, -0.2) is 4.68 Å². The van der Waals surface area contributed by atoms with Crippen molar-refractivity contribution >= 4 is 27.6 Å². The third-order valence-electron chi connectivity index (χ3n) is 2.57. The zero-order chi connectivity index (χ0) is 14.4. The second-order valence-electron chi connectivity index (χ2n) is 4.19. The number of rotatable bonds is 6. The van der Waals surface area contributed by atoms with Gasteiger partial charge >= 0.3 is 5.97 Å². The summed E-state index contributed by atoms with van der Waals surface area (Å²) < 4.78 is 6.55. The van der Waals surface area contributed by atoms with Crippen molar-refractivity contribution < 1.29 is 9.53 Å². The summed E-state index contributed by atoms with van der Waals surface area (Å²) in [6.07, 6.45) is 2.55. The van der Waals surface area contributed by atoms with Crippen LogP contribution in [-0.2, 0) is 16.6 Å². The van der Waals surface area contributed by atoms with Crippen LogP contribution < -0.4 is 10.9 Å². The fourth-order valence-corrected chi connectivity index (χ4v) is 1.99. The number of hydrogen-bond donors (Lipinski definition) is 1. The summed E-state index contributed by atoms with van der Waals surface area (Å²) in [5, 5.41) is 7.08. The minimum atomic E-state index is -0.211. The highest BCUT2D eigenvalue weighted by Crippen LogP contribution is 2.18. The molecule has 6 nitrogen and oxygen atoms in total. The van der Waals surface area contributed by atoms with Gasteiger partial charge in [-0.15, -0.1) is 0 Å². The molecule has 0 aliphatic carbocycles. The van der Waals surface area contributed by atoms with Crippen LogP contribution in [0.5, 0.6) is 0 Å². The molecule has 0 aromatic carbocycles. The number of aryl methyl sites for hydroxylation is 1. The molecule has 106 valence electrons. The van der Waals surface area contributed by atoms with Gasteiger partial charge in [-0.05, 0) is 36.2 Å². The van der Waals surface area contributed by atoms with Gasteiger partial charge < -0.3 is 10.1 Å². The van der Waals surface area contributed by atoms with Gasteiger partial charge in [0.25, 0.3) is 5.56 Å². The van der Waals surface area contributed by atoms with Crippen LogP contribution in [0, 0.1) is 0 Å². The molecule has 0 amide bonds. The first kappa shape index (κ1) is 15.7. The summed E-state index contributed by atoms with van der Waals surface area (Å²) in [4.78, 5) is 22.9. The number of hydrogen-bond acceptors (Lipinski definition) is 5. The molecular formula is C12H18BrN3O3. The Morgan fingerprint density at radius 3 is 2.95 bits per heavy atom. The fourth-order valence-electron chi connectivity index (χ4n) is 1.52. The van der Waals surface area contributed by atoms with Crippen molar-refractivity contribution in [2.24, 2.45) is 7.05 Å². The van der Waals surface area contributed by atoms with Gasteiger partial charge in [0.05, 0.1) is 18.5 Å². The van der Waals surface area contributed by atoms with Gasteiger partial charge in [0.2, 0.25) is 0 Å². The molecule has 0 saturated carbocycles. The first-order valence-corrected chi connectivity index (χ1v) is 6.89. The number of ether oxygens (including phenoxy) is 1. The van der Waals surface area contributed by atoms with Crippen molar-refractivity contribution in [3.8, 4) is 0 Å². The molecule has 1 aromatic heterocycles. The molecule has 1 aromatic rings. The van der Waals surface area contributed by atoms with Gasteiger partial charge in [0.15, 0.2) is 0 Å². The highest BCUT2D eigenvalue weighted by Gasteiger charge is 2.11. The van der Waals surface area contributed by atoms with E-state index in [1.165, 1.54) is 4.68 Å². The zero-order valence-electron chi connectivity index (χ0n) is 11.3. The maximum absolute atomic E-state index is 11.7. The predicted molar refractivity (Wildman–Crippen MR) is 76.1 cm³/mol. The van der Waals surface area contributed by atoms with E-state index >= 15 is 0 Å². The monoisotopic (exact) mass is 331 g/mol. The van der Waals surface area contributed by atoms with Crippen molar-refractivity contribution in [2.45, 2.75) is 32.7 Å². The summed E-state index contributed by atoms with van der Waals surface area (Å²) in [7, 11) is 1.58. The van der Waals surface area contributed by atoms with E-state index in [1.807, 2.05) is 6.92 Å². The van der Waals surface area contributed by atoms with Crippen LogP contribution >= 0.6 is 15.9 Å². The average Bonchev–Trinajstić information content (AvgIpc) is 2.37. The lowest BCUT2D eigenvalue weighted by Gasteiger charge is -2.15. The lowest BCUT2D eigenvalue weighted by atomic mass is 10.2. The van der Waals surface area contributed by atoms with Gasteiger partial charge in [-0.2, -0.15) is 5.10 Å². The number of carbonyl (C=O) groups is 1. The summed E-state index contributed by atoms with van der Waals surface area (Å²) in [5.41, 5.74) is 0.419. The van der Waals surface area contributed by atoms with Crippen molar-refractivity contribution in [3.05, 3.63) is 21.0 Å². The first-order chi connectivity index (χ1) is 8.95. The lowest BCUT2D eigenvalue weighted by Crippen LogP contribution is -2.24. The SMILES string of the molecule is CCOC(=O)CCC(C)Nc1cnn(C)c(=O)c1Br. The fraction of sp³-hybridized carbons (Fsp3) is 0.583. The number of anilines is 1. The highest BCUT2D eigenvalue weighted by atomic mass is 79.9. The largest absolute Gasteiger partial charge is 0.466 e. The normalized spacial score (nSPS) is 12.0. The molecule has 0 aliphatic rings. The first-order valence-electron chi connectivity index (χ1n) is 6.09. The molecule has 1 N–H and O–H groups in total. The smallest absolute Gasteiger partial charge is 0.305 e. The molecule has 1 unspecified atom stereocenters. The lowest BCUT2D eigenvalue weighted by molar-refractivity contribution is -0.143. The Morgan fingerprint density at radius 1 is 1.63 bits per heavy atom. The quantitative estimate of drug-likeness (QED) is 0.803. The van der Waals surface area contributed by atoms with Gasteiger partial charge in [0.1, 0.15) is 4.47 Å². The maximum Gasteiger partial charge on any atom is 0.305 e. The van der Waals surface area contributed by atoms with Crippen LogP contribution in [0.15, 0.2) is 15.5 Å². The Labute approximate surface area is 120 Å². The van der Waals surface area contributed by atoms with Gasteiger partial charge in [-0.3, -0.25) is 9.59 Å². The Morgan fingerprint density at radius 2 is 2.32 bits per heavy atom. The van der Waals surface area contributed by atoms with E-state index in [2.05, 4.69) is 26.3 Å². The molecular weight excluding hydrogens is 314 g/mol. The Kier molecular flexibility index (Phi) is 6.01. The van der Waals surface area contributed by atoms with Crippen LogP contribution in [0.4, 0.5) is 5.69 Å². The van der Waals surface area contributed by atoms with Crippen LogP contribution in [0.2, 0.25) is 0 Å². The predicted octanol–water partition coefficient (Wildman–Crippen LogP) is 1.69. The standard InChI is InChI=1S/C12H18BrN3O3/c1-4-19-10(17)6-5-8(2)15-9-7-14-16(3)12(18)11(9)13/h7-8,15H,4-6H2,1-3H3. The number of nitrogens with zero attached hydrogens (tertiary/aromatic N) is 2. The molecule has 1 atom stereocenters. The van der Waals surface area contributed by atoms with Gasteiger partial charge in [0, 0.05) is 19.5 Å². The molecule has 0 radical (unpaired) electrons. The third kappa shape index (κ3) is 4.66. The summed E-state index contributed by atoms with van der Waals surface area (Å²) in [5.74, 6) is -0.211. The summed E-state index contributed by atoms with van der Waals surface area (Å²) >= 11 is 3.24. The Balaban J connectivity index is 2.58. The van der Waals surface area contributed by atoms with Crippen LogP contribution in [0.3, 0.4) is 0 Å². The van der Waals surface area contributed by atoms with Crippen molar-refractivity contribution in [2.75, 3.05) is 11.9 Å². The summed E-state index contributed by atoms with van der Waals surface area (Å²) in [6, 6.07) is 0.0367. The van der Waals surface area contributed by atoms with Crippen molar-refractivity contribution in [1.82, 2.24) is 9.78 Å². The topological polar surface area (TPSA) is 73.2 Å². The van der Waals surface area contributed by atoms with Crippen LogP contribution in [0.25, 0.3) is 0 Å². The molecule has 7 heteroatoms. The molecule has 19 heavy (non-hydrogen) atoms. The number of halogens is 1. The molecule has 0 fully saturated rings. The van der Waals surface area contributed by atoms with E-state index in [-0.39, 0.29) is 17.6 Å². The van der Waals surface area contributed by atoms with Crippen LogP contribution in [0.1, 0.15) is 26.7 Å². The van der Waals surface area contributed by atoms with Crippen molar-refractivity contribution in [3.63, 3.8) is 0 Å². The number of aromatic nitrogens is 2. The van der Waals surface area contributed by atoms with E-state index in [0.29, 0.717) is 29.6 Å². The number of esters is 1. The minimum absolute atomic E-state index is 0.0367.